The predicted octanol–water partition coefficient (Wildman–Crippen LogP) is -0.398. The van der Waals surface area contributed by atoms with Gasteiger partial charge in [-0.3, -0.25) is 5.73 Å². The Hall–Kier alpha value is -1.89. The molecule has 0 bridgehead atoms. The van der Waals surface area contributed by atoms with Crippen molar-refractivity contribution in [3.05, 3.63) is 12.0 Å². The zero-order valence-electron chi connectivity index (χ0n) is 9.07. The van der Waals surface area contributed by atoms with Crippen molar-refractivity contribution in [3.8, 4) is 0 Å². The molecule has 0 radical (unpaired) electrons. The van der Waals surface area contributed by atoms with Crippen molar-refractivity contribution >= 4 is 17.3 Å². The van der Waals surface area contributed by atoms with E-state index in [2.05, 4.69) is 20.3 Å². The molecule has 16 heavy (non-hydrogen) atoms. The summed E-state index contributed by atoms with van der Waals surface area (Å²) >= 11 is 0. The fourth-order valence-electron chi connectivity index (χ4n) is 1.73. The molecule has 0 amide bonds. The van der Waals surface area contributed by atoms with Crippen molar-refractivity contribution in [2.75, 3.05) is 11.1 Å². The number of hydrogen-bond donors (Lipinski definition) is 4. The first-order chi connectivity index (χ1) is 7.56. The number of fused-ring (bicyclic) bond motifs is 1. The smallest absolute Gasteiger partial charge is 0.184 e. The van der Waals surface area contributed by atoms with Crippen LogP contribution in [0.15, 0.2) is 11.3 Å². The van der Waals surface area contributed by atoms with Crippen LogP contribution >= 0.6 is 0 Å². The third-order valence-electron chi connectivity index (χ3n) is 2.41. The van der Waals surface area contributed by atoms with Gasteiger partial charge in [0.2, 0.25) is 0 Å². The molecule has 2 rings (SSSR count). The molecule has 2 heterocycles. The molecule has 1 unspecified atom stereocenters. The van der Waals surface area contributed by atoms with E-state index in [0.29, 0.717) is 29.5 Å². The van der Waals surface area contributed by atoms with Crippen LogP contribution in [0.25, 0.3) is 0 Å². The highest BCUT2D eigenvalue weighted by atomic mass is 15.3. The van der Waals surface area contributed by atoms with E-state index in [4.69, 9.17) is 17.2 Å². The second-order valence-electron chi connectivity index (χ2n) is 3.78. The van der Waals surface area contributed by atoms with Crippen LogP contribution in [-0.2, 0) is 0 Å². The predicted molar refractivity (Wildman–Crippen MR) is 62.6 cm³/mol. The average molecular weight is 221 g/mol. The van der Waals surface area contributed by atoms with Gasteiger partial charge in [-0.2, -0.15) is 0 Å². The molecule has 0 saturated carbocycles. The van der Waals surface area contributed by atoms with Crippen LogP contribution in [0, 0.1) is 0 Å². The van der Waals surface area contributed by atoms with Crippen molar-refractivity contribution < 1.29 is 0 Å². The highest BCUT2D eigenvalue weighted by Gasteiger charge is 2.31. The Balaban J connectivity index is 2.47. The number of hydrogen-bond acceptors (Lipinski definition) is 7. The lowest BCUT2D eigenvalue weighted by Crippen LogP contribution is -2.50. The van der Waals surface area contributed by atoms with Crippen LogP contribution in [0.2, 0.25) is 0 Å². The molecule has 0 aromatic carbocycles. The summed E-state index contributed by atoms with van der Waals surface area (Å²) in [5, 5.41) is 3.03. The minimum atomic E-state index is -0.912. The molecule has 7 heteroatoms. The lowest BCUT2D eigenvalue weighted by atomic mass is 10.1. The van der Waals surface area contributed by atoms with Gasteiger partial charge >= 0.3 is 0 Å². The maximum absolute atomic E-state index is 6.05. The second kappa shape index (κ2) is 3.60. The second-order valence-corrected chi connectivity index (χ2v) is 3.78. The number of nitrogens with two attached hydrogens (primary N) is 3. The lowest BCUT2D eigenvalue weighted by molar-refractivity contribution is 0.459. The molecule has 0 aliphatic carbocycles. The summed E-state index contributed by atoms with van der Waals surface area (Å²) in [7, 11) is 0. The lowest BCUT2D eigenvalue weighted by Gasteiger charge is -2.32. The van der Waals surface area contributed by atoms with E-state index in [1.165, 1.54) is 6.33 Å². The molecule has 7 N–H and O–H groups in total. The van der Waals surface area contributed by atoms with Crippen LogP contribution in [0.1, 0.15) is 25.5 Å². The third kappa shape index (κ3) is 1.65. The summed E-state index contributed by atoms with van der Waals surface area (Å²) in [4.78, 5) is 12.1. The van der Waals surface area contributed by atoms with Gasteiger partial charge in [0.25, 0.3) is 0 Å². The minimum absolute atomic E-state index is 0.291. The third-order valence-corrected chi connectivity index (χ3v) is 2.41. The van der Waals surface area contributed by atoms with Crippen molar-refractivity contribution in [3.63, 3.8) is 0 Å². The van der Waals surface area contributed by atoms with Gasteiger partial charge in [-0.15, -0.1) is 0 Å². The molecule has 1 aliphatic heterocycles. The number of nitrogens with zero attached hydrogens (tertiary/aromatic N) is 3. The Kier molecular flexibility index (Phi) is 2.39. The Labute approximate surface area is 93.2 Å². The number of aromatic nitrogens is 2. The highest BCUT2D eigenvalue weighted by molar-refractivity contribution is 6.04. The van der Waals surface area contributed by atoms with Crippen LogP contribution in [0.5, 0.6) is 0 Å². The van der Waals surface area contributed by atoms with Gasteiger partial charge in [0.15, 0.2) is 17.4 Å². The van der Waals surface area contributed by atoms with E-state index in [0.717, 1.165) is 6.42 Å². The van der Waals surface area contributed by atoms with Crippen LogP contribution in [-0.4, -0.2) is 21.6 Å². The SMILES string of the molecule is CCCC1(N)N=C(N)c2ncnc(N)c2N1. The van der Waals surface area contributed by atoms with Gasteiger partial charge in [0.1, 0.15) is 17.7 Å². The topological polar surface area (TPSA) is 128 Å². The number of nitrogen functional groups attached to an aromatic ring is 1. The first-order valence-corrected chi connectivity index (χ1v) is 5.09. The van der Waals surface area contributed by atoms with Gasteiger partial charge in [0, 0.05) is 6.42 Å². The molecule has 1 aromatic heterocycles. The molecule has 0 saturated heterocycles. The zero-order valence-corrected chi connectivity index (χ0v) is 9.07. The van der Waals surface area contributed by atoms with E-state index in [1.807, 2.05) is 6.92 Å². The number of rotatable bonds is 2. The Morgan fingerprint density at radius 2 is 2.12 bits per heavy atom. The summed E-state index contributed by atoms with van der Waals surface area (Å²) in [5.41, 5.74) is 18.7. The normalized spacial score (nSPS) is 23.2. The molecule has 1 aromatic rings. The molecule has 7 nitrogen and oxygen atoms in total. The van der Waals surface area contributed by atoms with E-state index in [1.54, 1.807) is 0 Å². The molecule has 1 atom stereocenters. The van der Waals surface area contributed by atoms with Crippen molar-refractivity contribution in [2.24, 2.45) is 16.5 Å². The summed E-state index contributed by atoms with van der Waals surface area (Å²) in [6.07, 6.45) is 2.88. The quantitative estimate of drug-likeness (QED) is 0.538. The van der Waals surface area contributed by atoms with Gasteiger partial charge in [0.05, 0.1) is 0 Å². The van der Waals surface area contributed by atoms with E-state index in [9.17, 15) is 0 Å². The fourth-order valence-corrected chi connectivity index (χ4v) is 1.73. The summed E-state index contributed by atoms with van der Waals surface area (Å²) in [6.45, 7) is 2.02. The summed E-state index contributed by atoms with van der Waals surface area (Å²) in [6, 6.07) is 0. The molecule has 0 spiro atoms. The summed E-state index contributed by atoms with van der Waals surface area (Å²) in [5.74, 6) is -0.294. The van der Waals surface area contributed by atoms with Crippen LogP contribution in [0.4, 0.5) is 11.5 Å². The Morgan fingerprint density at radius 3 is 2.81 bits per heavy atom. The van der Waals surface area contributed by atoms with Crippen LogP contribution < -0.4 is 22.5 Å². The first-order valence-electron chi connectivity index (χ1n) is 5.09. The average Bonchev–Trinajstić information content (AvgIpc) is 2.20. The highest BCUT2D eigenvalue weighted by Crippen LogP contribution is 2.28. The Morgan fingerprint density at radius 1 is 1.38 bits per heavy atom. The molecular weight excluding hydrogens is 206 g/mol. The molecule has 0 fully saturated rings. The van der Waals surface area contributed by atoms with E-state index < -0.39 is 5.79 Å². The fraction of sp³-hybridized carbons (Fsp3) is 0.444. The first kappa shape index (κ1) is 10.6. The molecule has 86 valence electrons. The number of nitrogens with one attached hydrogen (secondary N) is 1. The summed E-state index contributed by atoms with van der Waals surface area (Å²) < 4.78 is 0. The number of amidine groups is 1. The maximum Gasteiger partial charge on any atom is 0.184 e. The van der Waals surface area contributed by atoms with Crippen molar-refractivity contribution in [1.29, 1.82) is 0 Å². The largest absolute Gasteiger partial charge is 0.382 e. The standard InChI is InChI=1S/C9H15N7/c1-2-3-9(12)15-6-5(8(11)16-9)13-4-14-7(6)10/h4,15H,2-3,12H2,1H3,(H2,11,16)(H2,10,13,14). The monoisotopic (exact) mass is 221 g/mol. The zero-order chi connectivity index (χ0) is 11.8. The molecule has 1 aliphatic rings. The Bertz CT molecular complexity index is 441. The number of aliphatic imine (C=N–C) groups is 1. The molecular formula is C9H15N7. The van der Waals surface area contributed by atoms with Gasteiger partial charge in [-0.05, 0) is 0 Å². The van der Waals surface area contributed by atoms with Gasteiger partial charge in [-0.1, -0.05) is 13.3 Å². The van der Waals surface area contributed by atoms with Gasteiger partial charge < -0.3 is 16.8 Å². The van der Waals surface area contributed by atoms with E-state index in [-0.39, 0.29) is 0 Å². The van der Waals surface area contributed by atoms with Gasteiger partial charge in [-0.25, -0.2) is 15.0 Å². The maximum atomic E-state index is 6.05. The van der Waals surface area contributed by atoms with Crippen LogP contribution in [0.3, 0.4) is 0 Å². The van der Waals surface area contributed by atoms with Crippen molar-refractivity contribution in [1.82, 2.24) is 9.97 Å². The van der Waals surface area contributed by atoms with Crippen molar-refractivity contribution in [2.45, 2.75) is 25.6 Å². The minimum Gasteiger partial charge on any atom is -0.382 e. The van der Waals surface area contributed by atoms with E-state index >= 15 is 0 Å². The number of anilines is 2.